The van der Waals surface area contributed by atoms with Crippen LogP contribution in [0.2, 0.25) is 0 Å². The number of aromatic carboxylic acids is 1. The van der Waals surface area contributed by atoms with Gasteiger partial charge >= 0.3 is 5.97 Å². The molecule has 0 aliphatic heterocycles. The molecule has 0 heterocycles. The van der Waals surface area contributed by atoms with Crippen molar-refractivity contribution in [2.24, 2.45) is 0 Å². The molecule has 0 fully saturated rings. The lowest BCUT2D eigenvalue weighted by atomic mass is 10.2. The van der Waals surface area contributed by atoms with Crippen LogP contribution in [0.4, 0.5) is 0 Å². The van der Waals surface area contributed by atoms with E-state index < -0.39 is 5.97 Å². The molecule has 1 aromatic carbocycles. The van der Waals surface area contributed by atoms with Crippen LogP contribution < -0.4 is 5.32 Å². The molecular formula is C15H20BrNO3S. The number of unbranched alkanes of at least 4 members (excludes halogenated alkanes) is 2. The zero-order valence-corrected chi connectivity index (χ0v) is 14.6. The first-order valence-corrected chi connectivity index (χ1v) is 8.60. The number of thioether (sulfide) groups is 1. The van der Waals surface area contributed by atoms with Crippen LogP contribution in [0.1, 0.15) is 43.5 Å². The van der Waals surface area contributed by atoms with Gasteiger partial charge in [-0.1, -0.05) is 35.7 Å². The van der Waals surface area contributed by atoms with Gasteiger partial charge in [-0.25, -0.2) is 4.79 Å². The molecule has 0 aliphatic carbocycles. The zero-order chi connectivity index (χ0) is 15.8. The lowest BCUT2D eigenvalue weighted by Gasteiger charge is -2.13. The second-order valence-electron chi connectivity index (χ2n) is 4.70. The molecule has 0 aliphatic rings. The Morgan fingerprint density at radius 1 is 1.38 bits per heavy atom. The molecule has 1 unspecified atom stereocenters. The Bertz CT molecular complexity index is 508. The zero-order valence-electron chi connectivity index (χ0n) is 12.2. The Morgan fingerprint density at radius 2 is 2.10 bits per heavy atom. The highest BCUT2D eigenvalue weighted by Crippen LogP contribution is 2.30. The van der Waals surface area contributed by atoms with Gasteiger partial charge in [0.15, 0.2) is 0 Å². The predicted molar refractivity (Wildman–Crippen MR) is 89.0 cm³/mol. The van der Waals surface area contributed by atoms with E-state index in [2.05, 4.69) is 28.2 Å². The van der Waals surface area contributed by atoms with Crippen molar-refractivity contribution in [3.63, 3.8) is 0 Å². The van der Waals surface area contributed by atoms with Crippen molar-refractivity contribution in [3.8, 4) is 0 Å². The number of halogens is 1. The molecule has 1 amide bonds. The molecule has 1 atom stereocenters. The van der Waals surface area contributed by atoms with Gasteiger partial charge < -0.3 is 10.4 Å². The number of carbonyl (C=O) groups is 2. The van der Waals surface area contributed by atoms with E-state index in [4.69, 9.17) is 0 Å². The fourth-order valence-corrected chi connectivity index (χ4v) is 3.31. The van der Waals surface area contributed by atoms with Gasteiger partial charge in [0.05, 0.1) is 10.8 Å². The SMILES string of the molecule is CCCCCNC(=O)C(C)Sc1cc(Br)ccc1C(=O)O. The molecule has 2 N–H and O–H groups in total. The Morgan fingerprint density at radius 3 is 2.71 bits per heavy atom. The van der Waals surface area contributed by atoms with Crippen LogP contribution in [-0.2, 0) is 4.79 Å². The summed E-state index contributed by atoms with van der Waals surface area (Å²) in [6, 6.07) is 4.96. The molecule has 0 spiro atoms. The predicted octanol–water partition coefficient (Wildman–Crippen LogP) is 3.93. The molecule has 1 rings (SSSR count). The van der Waals surface area contributed by atoms with Crippen molar-refractivity contribution < 1.29 is 14.7 Å². The average Bonchev–Trinajstić information content (AvgIpc) is 2.43. The van der Waals surface area contributed by atoms with Crippen molar-refractivity contribution in [1.82, 2.24) is 5.32 Å². The summed E-state index contributed by atoms with van der Waals surface area (Å²) in [7, 11) is 0. The first-order valence-electron chi connectivity index (χ1n) is 6.93. The highest BCUT2D eigenvalue weighted by Gasteiger charge is 2.18. The summed E-state index contributed by atoms with van der Waals surface area (Å²) in [5.74, 6) is -1.05. The molecule has 0 saturated heterocycles. The van der Waals surface area contributed by atoms with Gasteiger partial charge in [0, 0.05) is 15.9 Å². The normalized spacial score (nSPS) is 12.0. The van der Waals surface area contributed by atoms with Crippen molar-refractivity contribution in [3.05, 3.63) is 28.2 Å². The number of benzene rings is 1. The van der Waals surface area contributed by atoms with Gasteiger partial charge in [-0.3, -0.25) is 4.79 Å². The molecule has 0 radical (unpaired) electrons. The maximum absolute atomic E-state index is 12.0. The van der Waals surface area contributed by atoms with Crippen LogP contribution in [0.5, 0.6) is 0 Å². The number of amides is 1. The van der Waals surface area contributed by atoms with Gasteiger partial charge in [-0.05, 0) is 31.5 Å². The maximum atomic E-state index is 12.0. The molecule has 0 bridgehead atoms. The highest BCUT2D eigenvalue weighted by atomic mass is 79.9. The van der Waals surface area contributed by atoms with E-state index >= 15 is 0 Å². The van der Waals surface area contributed by atoms with Crippen molar-refractivity contribution >= 4 is 39.6 Å². The van der Waals surface area contributed by atoms with E-state index in [1.807, 2.05) is 0 Å². The summed E-state index contributed by atoms with van der Waals surface area (Å²) in [6.45, 7) is 4.56. The lowest BCUT2D eigenvalue weighted by Crippen LogP contribution is -2.31. The molecular weight excluding hydrogens is 354 g/mol. The van der Waals surface area contributed by atoms with E-state index in [-0.39, 0.29) is 16.7 Å². The molecule has 4 nitrogen and oxygen atoms in total. The summed E-state index contributed by atoms with van der Waals surface area (Å²) in [4.78, 5) is 23.8. The molecule has 6 heteroatoms. The Labute approximate surface area is 137 Å². The number of nitrogens with one attached hydrogen (secondary N) is 1. The first kappa shape index (κ1) is 18.0. The second-order valence-corrected chi connectivity index (χ2v) is 7.00. The van der Waals surface area contributed by atoms with Crippen molar-refractivity contribution in [1.29, 1.82) is 0 Å². The minimum Gasteiger partial charge on any atom is -0.478 e. The Balaban J connectivity index is 2.65. The van der Waals surface area contributed by atoms with Gasteiger partial charge in [0.2, 0.25) is 5.91 Å². The fraction of sp³-hybridized carbons (Fsp3) is 0.467. The summed E-state index contributed by atoms with van der Waals surface area (Å²) < 4.78 is 0.797. The molecule has 0 saturated carbocycles. The number of rotatable bonds is 8. The number of hydrogen-bond donors (Lipinski definition) is 2. The Hall–Kier alpha value is -1.01. The van der Waals surface area contributed by atoms with Crippen LogP contribution >= 0.6 is 27.7 Å². The van der Waals surface area contributed by atoms with E-state index in [0.717, 1.165) is 23.7 Å². The molecule has 1 aromatic rings. The highest BCUT2D eigenvalue weighted by molar-refractivity contribution is 9.10. The first-order chi connectivity index (χ1) is 9.95. The van der Waals surface area contributed by atoms with E-state index in [1.54, 1.807) is 25.1 Å². The standard InChI is InChI=1S/C15H20BrNO3S/c1-3-4-5-8-17-14(18)10(2)21-13-9-11(16)6-7-12(13)15(19)20/h6-7,9-10H,3-5,8H2,1-2H3,(H,17,18)(H,19,20). The molecule has 21 heavy (non-hydrogen) atoms. The third-order valence-corrected chi connectivity index (χ3v) is 4.58. The van der Waals surface area contributed by atoms with Gasteiger partial charge in [0.1, 0.15) is 0 Å². The third kappa shape index (κ3) is 6.09. The summed E-state index contributed by atoms with van der Waals surface area (Å²) in [5, 5.41) is 11.7. The molecule has 0 aromatic heterocycles. The van der Waals surface area contributed by atoms with Crippen molar-refractivity contribution in [2.45, 2.75) is 43.3 Å². The lowest BCUT2D eigenvalue weighted by molar-refractivity contribution is -0.120. The fourth-order valence-electron chi connectivity index (χ4n) is 1.74. The van der Waals surface area contributed by atoms with Crippen LogP contribution in [0, 0.1) is 0 Å². The van der Waals surface area contributed by atoms with Crippen molar-refractivity contribution in [2.75, 3.05) is 6.54 Å². The van der Waals surface area contributed by atoms with E-state index in [0.29, 0.717) is 11.4 Å². The van der Waals surface area contributed by atoms with Gasteiger partial charge in [-0.2, -0.15) is 0 Å². The van der Waals surface area contributed by atoms with E-state index in [9.17, 15) is 14.7 Å². The van der Waals surface area contributed by atoms with Gasteiger partial charge in [0.25, 0.3) is 0 Å². The summed E-state index contributed by atoms with van der Waals surface area (Å²) in [5.41, 5.74) is 0.217. The molecule has 116 valence electrons. The minimum absolute atomic E-state index is 0.0626. The number of carbonyl (C=O) groups excluding carboxylic acids is 1. The minimum atomic E-state index is -0.986. The topological polar surface area (TPSA) is 66.4 Å². The maximum Gasteiger partial charge on any atom is 0.336 e. The largest absolute Gasteiger partial charge is 0.478 e. The van der Waals surface area contributed by atoms with Gasteiger partial charge in [-0.15, -0.1) is 11.8 Å². The van der Waals surface area contributed by atoms with Crippen LogP contribution in [-0.4, -0.2) is 28.8 Å². The number of carboxylic acid groups (broad SMARTS) is 1. The van der Waals surface area contributed by atoms with Crippen LogP contribution in [0.15, 0.2) is 27.6 Å². The van der Waals surface area contributed by atoms with Crippen LogP contribution in [0.3, 0.4) is 0 Å². The van der Waals surface area contributed by atoms with E-state index in [1.165, 1.54) is 11.8 Å². The average molecular weight is 374 g/mol. The second kappa shape index (κ2) is 9.10. The smallest absolute Gasteiger partial charge is 0.336 e. The Kier molecular flexibility index (Phi) is 7.82. The quantitative estimate of drug-likeness (QED) is 0.534. The van der Waals surface area contributed by atoms with Crippen LogP contribution in [0.25, 0.3) is 0 Å². The summed E-state index contributed by atoms with van der Waals surface area (Å²) >= 11 is 4.59. The summed E-state index contributed by atoms with van der Waals surface area (Å²) in [6.07, 6.45) is 3.17. The number of hydrogen-bond acceptors (Lipinski definition) is 3. The number of carboxylic acids is 1. The third-order valence-electron chi connectivity index (χ3n) is 2.93. The monoisotopic (exact) mass is 373 g/mol.